The van der Waals surface area contributed by atoms with Crippen molar-refractivity contribution >= 4 is 11.8 Å². The summed E-state index contributed by atoms with van der Waals surface area (Å²) in [5.74, 6) is 1.94. The van der Waals surface area contributed by atoms with Gasteiger partial charge in [-0.25, -0.2) is 0 Å². The van der Waals surface area contributed by atoms with Crippen molar-refractivity contribution in [1.82, 2.24) is 5.32 Å². The van der Waals surface area contributed by atoms with E-state index in [4.69, 9.17) is 4.42 Å². The molecule has 0 spiro atoms. The highest BCUT2D eigenvalue weighted by Gasteiger charge is 2.07. The fourth-order valence-electron chi connectivity index (χ4n) is 1.36. The predicted molar refractivity (Wildman–Crippen MR) is 62.7 cm³/mol. The molecule has 80 valence electrons. The molecule has 0 bridgehead atoms. The van der Waals surface area contributed by atoms with Gasteiger partial charge in [-0.1, -0.05) is 6.92 Å². The molecule has 0 amide bonds. The van der Waals surface area contributed by atoms with E-state index < -0.39 is 0 Å². The van der Waals surface area contributed by atoms with E-state index in [1.165, 1.54) is 11.3 Å². The number of thioether (sulfide) groups is 1. The van der Waals surface area contributed by atoms with Crippen LogP contribution in [-0.2, 0) is 0 Å². The molecule has 1 N–H and O–H groups in total. The van der Waals surface area contributed by atoms with E-state index in [2.05, 4.69) is 25.4 Å². The molecule has 1 heterocycles. The normalized spacial score (nSPS) is 15.4. The maximum absolute atomic E-state index is 5.05. The van der Waals surface area contributed by atoms with Gasteiger partial charge < -0.3 is 9.73 Å². The molecule has 0 saturated carbocycles. The highest BCUT2D eigenvalue weighted by Crippen LogP contribution is 2.13. The van der Waals surface area contributed by atoms with Gasteiger partial charge in [0.25, 0.3) is 0 Å². The maximum Gasteiger partial charge on any atom is 0.0950 e. The molecule has 0 aromatic carbocycles. The van der Waals surface area contributed by atoms with Gasteiger partial charge in [-0.2, -0.15) is 11.8 Å². The molecular formula is C11H19NOS. The molecule has 1 aromatic rings. The van der Waals surface area contributed by atoms with E-state index in [1.54, 1.807) is 12.5 Å². The second-order valence-corrected chi connectivity index (χ2v) is 4.66. The first-order valence-electron chi connectivity index (χ1n) is 4.98. The number of hydrogen-bond donors (Lipinski definition) is 1. The van der Waals surface area contributed by atoms with Crippen LogP contribution in [0.2, 0.25) is 0 Å². The summed E-state index contributed by atoms with van der Waals surface area (Å²) in [6, 6.07) is 2.40. The molecule has 0 radical (unpaired) electrons. The highest BCUT2D eigenvalue weighted by atomic mass is 32.2. The van der Waals surface area contributed by atoms with E-state index >= 15 is 0 Å². The number of hydrogen-bond acceptors (Lipinski definition) is 3. The summed E-state index contributed by atoms with van der Waals surface area (Å²) in [6.07, 6.45) is 5.67. The van der Waals surface area contributed by atoms with Crippen molar-refractivity contribution in [3.05, 3.63) is 24.2 Å². The van der Waals surface area contributed by atoms with Gasteiger partial charge >= 0.3 is 0 Å². The minimum Gasteiger partial charge on any atom is -0.472 e. The number of nitrogens with one attached hydrogen (secondary N) is 1. The second-order valence-electron chi connectivity index (χ2n) is 3.75. The molecule has 0 aliphatic heterocycles. The zero-order valence-electron chi connectivity index (χ0n) is 9.12. The average Bonchev–Trinajstić information content (AvgIpc) is 2.67. The Morgan fingerprint density at radius 1 is 1.50 bits per heavy atom. The van der Waals surface area contributed by atoms with Gasteiger partial charge in [-0.05, 0) is 37.5 Å². The monoisotopic (exact) mass is 213 g/mol. The third-order valence-corrected chi connectivity index (χ3v) is 3.17. The zero-order chi connectivity index (χ0) is 10.4. The maximum atomic E-state index is 5.05. The van der Waals surface area contributed by atoms with Gasteiger partial charge in [0.2, 0.25) is 0 Å². The summed E-state index contributed by atoms with van der Waals surface area (Å²) in [4.78, 5) is 0. The molecule has 1 rings (SSSR count). The SMILES string of the molecule is CSCC(C)CNC(C)c1ccoc1. The lowest BCUT2D eigenvalue weighted by atomic mass is 10.1. The van der Waals surface area contributed by atoms with Crippen molar-refractivity contribution in [1.29, 1.82) is 0 Å². The van der Waals surface area contributed by atoms with E-state index in [-0.39, 0.29) is 0 Å². The minimum absolute atomic E-state index is 0.387. The molecule has 2 atom stereocenters. The predicted octanol–water partition coefficient (Wildman–Crippen LogP) is 2.93. The fourth-order valence-corrected chi connectivity index (χ4v) is 2.05. The topological polar surface area (TPSA) is 25.2 Å². The third kappa shape index (κ3) is 3.76. The average molecular weight is 213 g/mol. The summed E-state index contributed by atoms with van der Waals surface area (Å²) < 4.78 is 5.05. The van der Waals surface area contributed by atoms with Crippen molar-refractivity contribution in [2.24, 2.45) is 5.92 Å². The van der Waals surface area contributed by atoms with Crippen LogP contribution in [0.3, 0.4) is 0 Å². The largest absolute Gasteiger partial charge is 0.472 e. The Morgan fingerprint density at radius 3 is 2.86 bits per heavy atom. The van der Waals surface area contributed by atoms with E-state index in [0.717, 1.165) is 12.5 Å². The van der Waals surface area contributed by atoms with E-state index in [1.807, 2.05) is 17.8 Å². The number of rotatable bonds is 6. The van der Waals surface area contributed by atoms with Crippen LogP contribution in [0.1, 0.15) is 25.5 Å². The van der Waals surface area contributed by atoms with Crippen LogP contribution < -0.4 is 5.32 Å². The lowest BCUT2D eigenvalue weighted by Gasteiger charge is -2.15. The summed E-state index contributed by atoms with van der Waals surface area (Å²) >= 11 is 1.90. The lowest BCUT2D eigenvalue weighted by molar-refractivity contribution is 0.493. The van der Waals surface area contributed by atoms with Gasteiger partial charge in [0.15, 0.2) is 0 Å². The zero-order valence-corrected chi connectivity index (χ0v) is 9.93. The summed E-state index contributed by atoms with van der Waals surface area (Å²) in [7, 11) is 0. The summed E-state index contributed by atoms with van der Waals surface area (Å²) in [5, 5.41) is 3.50. The Morgan fingerprint density at radius 2 is 2.29 bits per heavy atom. The number of furan rings is 1. The van der Waals surface area contributed by atoms with Gasteiger partial charge in [-0.15, -0.1) is 0 Å². The van der Waals surface area contributed by atoms with Crippen LogP contribution in [0, 0.1) is 5.92 Å². The molecule has 0 aliphatic carbocycles. The smallest absolute Gasteiger partial charge is 0.0950 e. The van der Waals surface area contributed by atoms with Crippen molar-refractivity contribution in [3.8, 4) is 0 Å². The van der Waals surface area contributed by atoms with Crippen LogP contribution in [-0.4, -0.2) is 18.6 Å². The molecule has 0 aliphatic rings. The van der Waals surface area contributed by atoms with Crippen molar-refractivity contribution in [2.45, 2.75) is 19.9 Å². The molecule has 1 aromatic heterocycles. The van der Waals surface area contributed by atoms with E-state index in [9.17, 15) is 0 Å². The first-order chi connectivity index (χ1) is 6.74. The quantitative estimate of drug-likeness (QED) is 0.786. The molecule has 0 fully saturated rings. The Labute approximate surface area is 90.5 Å². The molecule has 3 heteroatoms. The summed E-state index contributed by atoms with van der Waals surface area (Å²) in [5.41, 5.74) is 1.22. The van der Waals surface area contributed by atoms with E-state index in [0.29, 0.717) is 6.04 Å². The Hall–Kier alpha value is -0.410. The van der Waals surface area contributed by atoms with Gasteiger partial charge in [0.1, 0.15) is 0 Å². The fraction of sp³-hybridized carbons (Fsp3) is 0.636. The first kappa shape index (κ1) is 11.7. The minimum atomic E-state index is 0.387. The van der Waals surface area contributed by atoms with Crippen LogP contribution >= 0.6 is 11.8 Å². The second kappa shape index (κ2) is 6.14. The molecular weight excluding hydrogens is 194 g/mol. The molecule has 14 heavy (non-hydrogen) atoms. The standard InChI is InChI=1S/C11H19NOS/c1-9(8-14-3)6-12-10(2)11-4-5-13-7-11/h4-5,7,9-10,12H,6,8H2,1-3H3. The van der Waals surface area contributed by atoms with Crippen LogP contribution in [0.15, 0.2) is 23.0 Å². The van der Waals surface area contributed by atoms with Crippen LogP contribution in [0.4, 0.5) is 0 Å². The van der Waals surface area contributed by atoms with Gasteiger partial charge in [0.05, 0.1) is 12.5 Å². The Bertz CT molecular complexity index is 235. The lowest BCUT2D eigenvalue weighted by Crippen LogP contribution is -2.25. The summed E-state index contributed by atoms with van der Waals surface area (Å²) in [6.45, 7) is 5.50. The Kier molecular flexibility index (Phi) is 5.12. The van der Waals surface area contributed by atoms with Crippen LogP contribution in [0.25, 0.3) is 0 Å². The molecule has 2 nitrogen and oxygen atoms in total. The van der Waals surface area contributed by atoms with Crippen LogP contribution in [0.5, 0.6) is 0 Å². The molecule has 0 saturated heterocycles. The first-order valence-corrected chi connectivity index (χ1v) is 6.37. The molecule has 2 unspecified atom stereocenters. The highest BCUT2D eigenvalue weighted by molar-refractivity contribution is 7.98. The van der Waals surface area contributed by atoms with Gasteiger partial charge in [0, 0.05) is 11.6 Å². The van der Waals surface area contributed by atoms with Gasteiger partial charge in [-0.3, -0.25) is 0 Å². The van der Waals surface area contributed by atoms with Crippen molar-refractivity contribution in [3.63, 3.8) is 0 Å². The van der Waals surface area contributed by atoms with Crippen molar-refractivity contribution in [2.75, 3.05) is 18.6 Å². The van der Waals surface area contributed by atoms with Crippen molar-refractivity contribution < 1.29 is 4.42 Å². The third-order valence-electron chi connectivity index (χ3n) is 2.27. The Balaban J connectivity index is 2.24.